The SMILES string of the molecule is COc1ccc(C(=O)NCc2cccc(COCc3ccco3)c2)cc1. The van der Waals surface area contributed by atoms with Crippen molar-refractivity contribution < 1.29 is 18.7 Å². The molecule has 0 aliphatic carbocycles. The molecule has 2 aromatic carbocycles. The molecule has 5 heteroatoms. The van der Waals surface area contributed by atoms with Crippen LogP contribution in [0.25, 0.3) is 0 Å². The molecule has 0 bridgehead atoms. The van der Waals surface area contributed by atoms with Crippen molar-refractivity contribution in [1.82, 2.24) is 5.32 Å². The Kier molecular flexibility index (Phi) is 6.06. The van der Waals surface area contributed by atoms with Crippen LogP contribution in [-0.4, -0.2) is 13.0 Å². The van der Waals surface area contributed by atoms with E-state index in [1.165, 1.54) is 0 Å². The fourth-order valence-electron chi connectivity index (χ4n) is 2.52. The molecule has 0 saturated heterocycles. The van der Waals surface area contributed by atoms with Crippen LogP contribution in [0, 0.1) is 0 Å². The van der Waals surface area contributed by atoms with Gasteiger partial charge in [-0.1, -0.05) is 24.3 Å². The topological polar surface area (TPSA) is 60.7 Å². The molecule has 0 radical (unpaired) electrons. The third-order valence-electron chi connectivity index (χ3n) is 3.89. The Balaban J connectivity index is 1.50. The van der Waals surface area contributed by atoms with E-state index in [4.69, 9.17) is 13.9 Å². The van der Waals surface area contributed by atoms with Crippen molar-refractivity contribution in [2.45, 2.75) is 19.8 Å². The first-order valence-electron chi connectivity index (χ1n) is 8.35. The van der Waals surface area contributed by atoms with Crippen molar-refractivity contribution in [1.29, 1.82) is 0 Å². The lowest BCUT2D eigenvalue weighted by molar-refractivity contribution is 0.0928. The molecule has 0 saturated carbocycles. The lowest BCUT2D eigenvalue weighted by Crippen LogP contribution is -2.22. The monoisotopic (exact) mass is 351 g/mol. The number of benzene rings is 2. The second kappa shape index (κ2) is 8.87. The summed E-state index contributed by atoms with van der Waals surface area (Å²) in [7, 11) is 1.60. The molecule has 0 spiro atoms. The summed E-state index contributed by atoms with van der Waals surface area (Å²) in [4.78, 5) is 12.2. The van der Waals surface area contributed by atoms with Crippen LogP contribution in [0.4, 0.5) is 0 Å². The first-order chi connectivity index (χ1) is 12.7. The molecule has 0 atom stereocenters. The number of hydrogen-bond donors (Lipinski definition) is 1. The number of furan rings is 1. The second-order valence-electron chi connectivity index (χ2n) is 5.80. The van der Waals surface area contributed by atoms with Gasteiger partial charge in [0.25, 0.3) is 5.91 Å². The fraction of sp³-hybridized carbons (Fsp3) is 0.190. The van der Waals surface area contributed by atoms with E-state index in [0.29, 0.717) is 25.3 Å². The highest BCUT2D eigenvalue weighted by atomic mass is 16.5. The Hall–Kier alpha value is -3.05. The maximum Gasteiger partial charge on any atom is 0.251 e. The van der Waals surface area contributed by atoms with Gasteiger partial charge in [0, 0.05) is 12.1 Å². The van der Waals surface area contributed by atoms with Gasteiger partial charge in [0.2, 0.25) is 0 Å². The number of methoxy groups -OCH3 is 1. The lowest BCUT2D eigenvalue weighted by Gasteiger charge is -2.08. The Bertz CT molecular complexity index is 825. The molecule has 1 N–H and O–H groups in total. The summed E-state index contributed by atoms with van der Waals surface area (Å²) in [5.41, 5.74) is 2.67. The zero-order valence-corrected chi connectivity index (χ0v) is 14.6. The van der Waals surface area contributed by atoms with Crippen LogP contribution in [0.1, 0.15) is 27.2 Å². The van der Waals surface area contributed by atoms with Gasteiger partial charge in [0.1, 0.15) is 18.1 Å². The van der Waals surface area contributed by atoms with Crippen molar-refractivity contribution in [2.24, 2.45) is 0 Å². The van der Waals surface area contributed by atoms with Gasteiger partial charge in [-0.2, -0.15) is 0 Å². The van der Waals surface area contributed by atoms with Crippen molar-refractivity contribution in [3.8, 4) is 5.75 Å². The number of amides is 1. The maximum atomic E-state index is 12.2. The van der Waals surface area contributed by atoms with Crippen molar-refractivity contribution in [3.63, 3.8) is 0 Å². The molecular formula is C21H21NO4. The highest BCUT2D eigenvalue weighted by Gasteiger charge is 2.06. The largest absolute Gasteiger partial charge is 0.497 e. The molecule has 3 rings (SSSR count). The highest BCUT2D eigenvalue weighted by Crippen LogP contribution is 2.12. The second-order valence-corrected chi connectivity index (χ2v) is 5.80. The third kappa shape index (κ3) is 4.97. The minimum Gasteiger partial charge on any atom is -0.497 e. The molecule has 0 aliphatic heterocycles. The molecule has 1 aromatic heterocycles. The molecule has 0 fully saturated rings. The van der Waals surface area contributed by atoms with E-state index in [1.807, 2.05) is 36.4 Å². The smallest absolute Gasteiger partial charge is 0.251 e. The first-order valence-corrected chi connectivity index (χ1v) is 8.35. The van der Waals surface area contributed by atoms with Crippen LogP contribution in [0.5, 0.6) is 5.75 Å². The van der Waals surface area contributed by atoms with Crippen LogP contribution >= 0.6 is 0 Å². The van der Waals surface area contributed by atoms with Gasteiger partial charge < -0.3 is 19.2 Å². The van der Waals surface area contributed by atoms with Gasteiger partial charge in [-0.3, -0.25) is 4.79 Å². The number of hydrogen-bond acceptors (Lipinski definition) is 4. The summed E-state index contributed by atoms with van der Waals surface area (Å²) in [6, 6.07) is 18.7. The summed E-state index contributed by atoms with van der Waals surface area (Å²) in [6.07, 6.45) is 1.63. The van der Waals surface area contributed by atoms with E-state index in [1.54, 1.807) is 37.6 Å². The number of nitrogens with one attached hydrogen (secondary N) is 1. The molecule has 1 heterocycles. The Morgan fingerprint density at radius 1 is 1.00 bits per heavy atom. The zero-order chi connectivity index (χ0) is 18.2. The quantitative estimate of drug-likeness (QED) is 0.668. The van der Waals surface area contributed by atoms with Crippen LogP contribution < -0.4 is 10.1 Å². The van der Waals surface area contributed by atoms with Crippen molar-refractivity contribution in [2.75, 3.05) is 7.11 Å². The summed E-state index contributed by atoms with van der Waals surface area (Å²) in [5, 5.41) is 2.92. The summed E-state index contributed by atoms with van der Waals surface area (Å²) < 4.78 is 16.0. The summed E-state index contributed by atoms with van der Waals surface area (Å²) in [6.45, 7) is 1.38. The summed E-state index contributed by atoms with van der Waals surface area (Å²) in [5.74, 6) is 1.41. The molecule has 0 aliphatic rings. The van der Waals surface area contributed by atoms with Crippen LogP contribution in [0.2, 0.25) is 0 Å². The minimum absolute atomic E-state index is 0.118. The average Bonchev–Trinajstić information content (AvgIpc) is 3.20. The molecular weight excluding hydrogens is 330 g/mol. The molecule has 5 nitrogen and oxygen atoms in total. The van der Waals surface area contributed by atoms with Crippen LogP contribution in [-0.2, 0) is 24.5 Å². The summed E-state index contributed by atoms with van der Waals surface area (Å²) >= 11 is 0. The Labute approximate surface area is 152 Å². The average molecular weight is 351 g/mol. The standard InChI is InChI=1S/C21H21NO4/c1-24-19-9-7-18(8-10-19)21(23)22-13-16-4-2-5-17(12-16)14-25-15-20-6-3-11-26-20/h2-12H,13-15H2,1H3,(H,22,23). The van der Waals surface area contributed by atoms with Gasteiger partial charge in [-0.05, 0) is 47.5 Å². The predicted molar refractivity (Wildman–Crippen MR) is 97.8 cm³/mol. The van der Waals surface area contributed by atoms with Crippen LogP contribution in [0.15, 0.2) is 71.3 Å². The van der Waals surface area contributed by atoms with Crippen molar-refractivity contribution in [3.05, 3.63) is 89.4 Å². The van der Waals surface area contributed by atoms with Gasteiger partial charge in [-0.15, -0.1) is 0 Å². The maximum absolute atomic E-state index is 12.2. The predicted octanol–water partition coefficient (Wildman–Crippen LogP) is 3.94. The van der Waals surface area contributed by atoms with E-state index in [0.717, 1.165) is 22.6 Å². The molecule has 26 heavy (non-hydrogen) atoms. The van der Waals surface area contributed by atoms with Crippen molar-refractivity contribution >= 4 is 5.91 Å². The lowest BCUT2D eigenvalue weighted by atomic mass is 10.1. The van der Waals surface area contributed by atoms with Gasteiger partial charge in [0.05, 0.1) is 20.0 Å². The highest BCUT2D eigenvalue weighted by molar-refractivity contribution is 5.94. The molecule has 3 aromatic rings. The Morgan fingerprint density at radius 3 is 2.54 bits per heavy atom. The van der Waals surface area contributed by atoms with Gasteiger partial charge in [-0.25, -0.2) is 0 Å². The molecule has 1 amide bonds. The van der Waals surface area contributed by atoms with E-state index in [9.17, 15) is 4.79 Å². The van der Waals surface area contributed by atoms with E-state index >= 15 is 0 Å². The van der Waals surface area contributed by atoms with E-state index < -0.39 is 0 Å². The Morgan fingerprint density at radius 2 is 1.81 bits per heavy atom. The first kappa shape index (κ1) is 17.8. The third-order valence-corrected chi connectivity index (χ3v) is 3.89. The number of ether oxygens (including phenoxy) is 2. The normalized spacial score (nSPS) is 10.5. The number of carbonyl (C=O) groups excluding carboxylic acids is 1. The fourth-order valence-corrected chi connectivity index (χ4v) is 2.52. The van der Waals surface area contributed by atoms with Gasteiger partial charge >= 0.3 is 0 Å². The van der Waals surface area contributed by atoms with Crippen LogP contribution in [0.3, 0.4) is 0 Å². The van der Waals surface area contributed by atoms with E-state index in [2.05, 4.69) is 5.32 Å². The molecule has 0 unspecified atom stereocenters. The number of carbonyl (C=O) groups is 1. The zero-order valence-electron chi connectivity index (χ0n) is 14.6. The molecule has 134 valence electrons. The minimum atomic E-state index is -0.118. The van der Waals surface area contributed by atoms with E-state index in [-0.39, 0.29) is 5.91 Å². The number of rotatable bonds is 8. The van der Waals surface area contributed by atoms with Gasteiger partial charge in [0.15, 0.2) is 0 Å².